The van der Waals surface area contributed by atoms with Crippen LogP contribution in [0.5, 0.6) is 0 Å². The molecule has 7 heteroatoms. The van der Waals surface area contributed by atoms with Crippen LogP contribution < -0.4 is 10.6 Å². The van der Waals surface area contributed by atoms with E-state index < -0.39 is 0 Å². The summed E-state index contributed by atoms with van der Waals surface area (Å²) >= 11 is 0. The second kappa shape index (κ2) is 5.50. The Labute approximate surface area is 111 Å². The maximum absolute atomic E-state index is 5.68. The molecule has 102 valence electrons. The molecule has 0 aliphatic carbocycles. The van der Waals surface area contributed by atoms with E-state index in [1.54, 1.807) is 12.5 Å². The monoisotopic (exact) mass is 262 g/mol. The van der Waals surface area contributed by atoms with Crippen LogP contribution in [-0.2, 0) is 4.74 Å². The van der Waals surface area contributed by atoms with Crippen molar-refractivity contribution in [2.75, 3.05) is 31.1 Å². The van der Waals surface area contributed by atoms with Gasteiger partial charge in [0.25, 0.3) is 0 Å². The number of rotatable bonds is 4. The van der Waals surface area contributed by atoms with Crippen molar-refractivity contribution in [1.29, 1.82) is 0 Å². The number of piperidine rings is 1. The molecule has 0 atom stereocenters. The van der Waals surface area contributed by atoms with Gasteiger partial charge in [-0.15, -0.1) is 10.2 Å². The minimum absolute atomic E-state index is 0.317. The fourth-order valence-corrected chi connectivity index (χ4v) is 2.44. The van der Waals surface area contributed by atoms with Gasteiger partial charge in [0.05, 0.1) is 12.7 Å². The van der Waals surface area contributed by atoms with E-state index in [2.05, 4.69) is 20.1 Å². The molecule has 3 rings (SSSR count). The Bertz CT molecular complexity index is 534. The summed E-state index contributed by atoms with van der Waals surface area (Å²) in [5, 5.41) is 8.04. The van der Waals surface area contributed by atoms with Crippen molar-refractivity contribution in [1.82, 2.24) is 19.6 Å². The second-order valence-corrected chi connectivity index (χ2v) is 4.66. The molecule has 2 aromatic rings. The third-order valence-corrected chi connectivity index (χ3v) is 3.41. The zero-order valence-corrected chi connectivity index (χ0v) is 10.8. The molecule has 19 heavy (non-hydrogen) atoms. The van der Waals surface area contributed by atoms with Gasteiger partial charge in [-0.25, -0.2) is 4.98 Å². The standard InChI is InChI=1S/C12H18N6O/c13-3-8-19-10-1-5-17(6-2-10)11-12-16-15-9-18(12)7-4-14-11/h4,7,9-10H,1-3,5-6,8,13H2. The van der Waals surface area contributed by atoms with E-state index in [0.717, 1.165) is 37.4 Å². The molecule has 0 bridgehead atoms. The molecule has 0 spiro atoms. The highest BCUT2D eigenvalue weighted by Crippen LogP contribution is 2.22. The molecule has 2 N–H and O–H groups in total. The molecule has 1 aliphatic heterocycles. The molecular formula is C12H18N6O. The fraction of sp³-hybridized carbons (Fsp3) is 0.583. The molecular weight excluding hydrogens is 244 g/mol. The summed E-state index contributed by atoms with van der Waals surface area (Å²) in [7, 11) is 0. The molecule has 1 fully saturated rings. The van der Waals surface area contributed by atoms with Crippen LogP contribution in [0.1, 0.15) is 12.8 Å². The van der Waals surface area contributed by atoms with Gasteiger partial charge in [0.15, 0.2) is 5.82 Å². The van der Waals surface area contributed by atoms with E-state index in [1.165, 1.54) is 0 Å². The van der Waals surface area contributed by atoms with Crippen molar-refractivity contribution < 1.29 is 4.74 Å². The molecule has 3 heterocycles. The highest BCUT2D eigenvalue weighted by atomic mass is 16.5. The molecule has 0 aromatic carbocycles. The third-order valence-electron chi connectivity index (χ3n) is 3.41. The normalized spacial score (nSPS) is 17.2. The summed E-state index contributed by atoms with van der Waals surface area (Å²) in [6, 6.07) is 0. The first-order valence-electron chi connectivity index (χ1n) is 6.59. The number of nitrogens with zero attached hydrogens (tertiary/aromatic N) is 5. The molecule has 1 saturated heterocycles. The highest BCUT2D eigenvalue weighted by molar-refractivity contribution is 5.63. The van der Waals surface area contributed by atoms with Gasteiger partial charge in [0, 0.05) is 32.0 Å². The lowest BCUT2D eigenvalue weighted by atomic mass is 10.1. The van der Waals surface area contributed by atoms with Gasteiger partial charge in [-0.05, 0) is 12.8 Å². The molecule has 0 radical (unpaired) electrons. The van der Waals surface area contributed by atoms with Crippen molar-refractivity contribution in [3.05, 3.63) is 18.7 Å². The van der Waals surface area contributed by atoms with Crippen LogP contribution >= 0.6 is 0 Å². The summed E-state index contributed by atoms with van der Waals surface area (Å²) in [6.07, 6.45) is 7.64. The van der Waals surface area contributed by atoms with E-state index in [1.807, 2.05) is 10.6 Å². The quantitative estimate of drug-likeness (QED) is 0.839. The third kappa shape index (κ3) is 2.52. The Kier molecular flexibility index (Phi) is 3.56. The van der Waals surface area contributed by atoms with E-state index >= 15 is 0 Å². The number of aromatic nitrogens is 4. The number of nitrogens with two attached hydrogens (primary N) is 1. The Hall–Kier alpha value is -1.73. The SMILES string of the molecule is NCCOC1CCN(c2nccn3cnnc23)CC1. The first kappa shape index (κ1) is 12.3. The average molecular weight is 262 g/mol. The van der Waals surface area contributed by atoms with E-state index in [9.17, 15) is 0 Å². The van der Waals surface area contributed by atoms with Crippen LogP contribution in [-0.4, -0.2) is 51.9 Å². The topological polar surface area (TPSA) is 81.6 Å². The van der Waals surface area contributed by atoms with Crippen molar-refractivity contribution in [3.63, 3.8) is 0 Å². The van der Waals surface area contributed by atoms with Crippen LogP contribution in [0.3, 0.4) is 0 Å². The van der Waals surface area contributed by atoms with Gasteiger partial charge in [-0.1, -0.05) is 0 Å². The van der Waals surface area contributed by atoms with Crippen molar-refractivity contribution >= 4 is 11.5 Å². The first-order valence-corrected chi connectivity index (χ1v) is 6.59. The Morgan fingerprint density at radius 1 is 1.37 bits per heavy atom. The first-order chi connectivity index (χ1) is 9.38. The average Bonchev–Trinajstić information content (AvgIpc) is 2.94. The van der Waals surface area contributed by atoms with Crippen LogP contribution in [0.4, 0.5) is 5.82 Å². The van der Waals surface area contributed by atoms with Crippen LogP contribution in [0.2, 0.25) is 0 Å². The van der Waals surface area contributed by atoms with Gasteiger partial charge in [0.2, 0.25) is 5.65 Å². The molecule has 0 amide bonds. The van der Waals surface area contributed by atoms with Gasteiger partial charge >= 0.3 is 0 Å². The minimum atomic E-state index is 0.317. The maximum Gasteiger partial charge on any atom is 0.203 e. The van der Waals surface area contributed by atoms with Crippen LogP contribution in [0.25, 0.3) is 5.65 Å². The Morgan fingerprint density at radius 3 is 3.00 bits per heavy atom. The smallest absolute Gasteiger partial charge is 0.203 e. The molecule has 2 aromatic heterocycles. The largest absolute Gasteiger partial charge is 0.377 e. The lowest BCUT2D eigenvalue weighted by Crippen LogP contribution is -2.38. The molecule has 7 nitrogen and oxygen atoms in total. The van der Waals surface area contributed by atoms with Crippen molar-refractivity contribution in [2.24, 2.45) is 5.73 Å². The summed E-state index contributed by atoms with van der Waals surface area (Å²) in [5.41, 5.74) is 6.26. The molecule has 0 unspecified atom stereocenters. The Balaban J connectivity index is 1.69. The van der Waals surface area contributed by atoms with Crippen LogP contribution in [0, 0.1) is 0 Å². The summed E-state index contributed by atoms with van der Waals surface area (Å²) in [5.74, 6) is 0.900. The van der Waals surface area contributed by atoms with Gasteiger partial charge < -0.3 is 15.4 Å². The zero-order chi connectivity index (χ0) is 13.1. The van der Waals surface area contributed by atoms with Crippen molar-refractivity contribution in [3.8, 4) is 0 Å². The maximum atomic E-state index is 5.68. The number of ether oxygens (including phenoxy) is 1. The number of hydrogen-bond donors (Lipinski definition) is 1. The van der Waals surface area contributed by atoms with Gasteiger partial charge in [-0.3, -0.25) is 4.40 Å². The fourth-order valence-electron chi connectivity index (χ4n) is 2.44. The zero-order valence-electron chi connectivity index (χ0n) is 10.8. The summed E-state index contributed by atoms with van der Waals surface area (Å²) in [6.45, 7) is 3.08. The van der Waals surface area contributed by atoms with E-state index in [-0.39, 0.29) is 0 Å². The van der Waals surface area contributed by atoms with E-state index in [4.69, 9.17) is 10.5 Å². The predicted molar refractivity (Wildman–Crippen MR) is 71.0 cm³/mol. The summed E-state index contributed by atoms with van der Waals surface area (Å²) in [4.78, 5) is 6.67. The van der Waals surface area contributed by atoms with Gasteiger partial charge in [-0.2, -0.15) is 0 Å². The lowest BCUT2D eigenvalue weighted by Gasteiger charge is -2.32. The van der Waals surface area contributed by atoms with E-state index in [0.29, 0.717) is 19.3 Å². The molecule has 0 saturated carbocycles. The number of hydrogen-bond acceptors (Lipinski definition) is 6. The Morgan fingerprint density at radius 2 is 2.21 bits per heavy atom. The second-order valence-electron chi connectivity index (χ2n) is 4.66. The van der Waals surface area contributed by atoms with Crippen molar-refractivity contribution in [2.45, 2.75) is 18.9 Å². The number of fused-ring (bicyclic) bond motifs is 1. The van der Waals surface area contributed by atoms with Gasteiger partial charge in [0.1, 0.15) is 6.33 Å². The highest BCUT2D eigenvalue weighted by Gasteiger charge is 2.22. The number of anilines is 1. The van der Waals surface area contributed by atoms with Crippen LogP contribution in [0.15, 0.2) is 18.7 Å². The summed E-state index contributed by atoms with van der Waals surface area (Å²) < 4.78 is 7.57. The minimum Gasteiger partial charge on any atom is -0.377 e. The predicted octanol–water partition coefficient (Wildman–Crippen LogP) is 0.0684. The lowest BCUT2D eigenvalue weighted by molar-refractivity contribution is 0.0421. The molecule has 1 aliphatic rings.